The summed E-state index contributed by atoms with van der Waals surface area (Å²) in [5, 5.41) is 21.2. The molecule has 4 N–H and O–H groups in total. The zero-order chi connectivity index (χ0) is 12.2. The molecular weight excluding hydrogens is 210 g/mol. The molecule has 0 aromatic carbocycles. The fourth-order valence-corrected chi connectivity index (χ4v) is 2.05. The van der Waals surface area contributed by atoms with E-state index in [1.165, 1.54) is 4.90 Å². The van der Waals surface area contributed by atoms with Crippen molar-refractivity contribution >= 4 is 11.7 Å². The van der Waals surface area contributed by atoms with Crippen LogP contribution in [0.15, 0.2) is 5.16 Å². The maximum absolute atomic E-state index is 11.6. The van der Waals surface area contributed by atoms with Gasteiger partial charge in [0, 0.05) is 13.6 Å². The number of carbonyl (C=O) groups is 1. The molecule has 6 heteroatoms. The summed E-state index contributed by atoms with van der Waals surface area (Å²) in [7, 11) is 1.61. The quantitative estimate of drug-likeness (QED) is 0.271. The third kappa shape index (κ3) is 3.37. The lowest BCUT2D eigenvalue weighted by Gasteiger charge is -2.28. The van der Waals surface area contributed by atoms with Crippen molar-refractivity contribution in [3.63, 3.8) is 0 Å². The third-order valence-electron chi connectivity index (χ3n) is 2.95. The predicted octanol–water partition coefficient (Wildman–Crippen LogP) is -0.114. The van der Waals surface area contributed by atoms with Crippen molar-refractivity contribution in [3.8, 4) is 0 Å². The SMILES string of the molecule is CN(CC1(O)CCCC1)C(=O)CC(N)=NO. The summed E-state index contributed by atoms with van der Waals surface area (Å²) in [6, 6.07) is 0. The molecule has 0 aliphatic heterocycles. The van der Waals surface area contributed by atoms with Crippen LogP contribution >= 0.6 is 0 Å². The van der Waals surface area contributed by atoms with Crippen LogP contribution < -0.4 is 5.73 Å². The third-order valence-corrected chi connectivity index (χ3v) is 2.95. The lowest BCUT2D eigenvalue weighted by Crippen LogP contribution is -2.43. The normalized spacial score (nSPS) is 19.8. The summed E-state index contributed by atoms with van der Waals surface area (Å²) in [6.07, 6.45) is 3.34. The van der Waals surface area contributed by atoms with Crippen molar-refractivity contribution in [2.24, 2.45) is 10.9 Å². The van der Waals surface area contributed by atoms with Crippen molar-refractivity contribution in [2.75, 3.05) is 13.6 Å². The van der Waals surface area contributed by atoms with Crippen LogP contribution in [0.5, 0.6) is 0 Å². The second kappa shape index (κ2) is 5.16. The Kier molecular flexibility index (Phi) is 4.12. The number of aliphatic hydroxyl groups is 1. The maximum Gasteiger partial charge on any atom is 0.230 e. The summed E-state index contributed by atoms with van der Waals surface area (Å²) < 4.78 is 0. The van der Waals surface area contributed by atoms with E-state index < -0.39 is 5.60 Å². The molecule has 0 heterocycles. The van der Waals surface area contributed by atoms with Gasteiger partial charge in [-0.25, -0.2) is 0 Å². The van der Waals surface area contributed by atoms with Gasteiger partial charge in [0.25, 0.3) is 0 Å². The Morgan fingerprint density at radius 3 is 2.56 bits per heavy atom. The number of hydrogen-bond acceptors (Lipinski definition) is 4. The van der Waals surface area contributed by atoms with Gasteiger partial charge in [0.2, 0.25) is 5.91 Å². The minimum atomic E-state index is -0.754. The van der Waals surface area contributed by atoms with Crippen molar-refractivity contribution in [2.45, 2.75) is 37.7 Å². The van der Waals surface area contributed by atoms with Crippen molar-refractivity contribution in [3.05, 3.63) is 0 Å². The standard InChI is InChI=1S/C10H19N3O3/c1-13(9(14)6-8(11)12-16)7-10(15)4-2-3-5-10/h15-16H,2-7H2,1H3,(H2,11,12). The Labute approximate surface area is 94.7 Å². The lowest BCUT2D eigenvalue weighted by molar-refractivity contribution is -0.131. The topological polar surface area (TPSA) is 99.2 Å². The number of likely N-dealkylation sites (N-methyl/N-ethyl adjacent to an activating group) is 1. The minimum absolute atomic E-state index is 0.115. The molecule has 1 fully saturated rings. The zero-order valence-corrected chi connectivity index (χ0v) is 9.52. The number of amidine groups is 1. The van der Waals surface area contributed by atoms with E-state index in [0.717, 1.165) is 25.7 Å². The van der Waals surface area contributed by atoms with Gasteiger partial charge < -0.3 is 20.9 Å². The highest BCUT2D eigenvalue weighted by Gasteiger charge is 2.33. The summed E-state index contributed by atoms with van der Waals surface area (Å²) in [6.45, 7) is 0.310. The molecule has 0 atom stereocenters. The highest BCUT2D eigenvalue weighted by atomic mass is 16.4. The average molecular weight is 229 g/mol. The van der Waals surface area contributed by atoms with E-state index in [0.29, 0.717) is 6.54 Å². The molecule has 1 aliphatic rings. The first-order valence-corrected chi connectivity index (χ1v) is 5.39. The van der Waals surface area contributed by atoms with Gasteiger partial charge in [0.1, 0.15) is 5.84 Å². The molecule has 1 saturated carbocycles. The molecule has 6 nitrogen and oxygen atoms in total. The van der Waals surface area contributed by atoms with Gasteiger partial charge in [-0.15, -0.1) is 0 Å². The van der Waals surface area contributed by atoms with E-state index in [1.807, 2.05) is 0 Å². The molecule has 1 amide bonds. The van der Waals surface area contributed by atoms with Crippen LogP contribution in [0.25, 0.3) is 0 Å². The van der Waals surface area contributed by atoms with Crippen LogP contribution in [-0.2, 0) is 4.79 Å². The van der Waals surface area contributed by atoms with Crippen LogP contribution in [0.4, 0.5) is 0 Å². The molecule has 16 heavy (non-hydrogen) atoms. The molecule has 0 aromatic rings. The Morgan fingerprint density at radius 2 is 2.06 bits per heavy atom. The first-order valence-electron chi connectivity index (χ1n) is 5.39. The summed E-state index contributed by atoms with van der Waals surface area (Å²) >= 11 is 0. The Bertz CT molecular complexity index is 285. The fourth-order valence-electron chi connectivity index (χ4n) is 2.05. The van der Waals surface area contributed by atoms with E-state index >= 15 is 0 Å². The number of rotatable bonds is 4. The monoisotopic (exact) mass is 229 g/mol. The number of nitrogens with zero attached hydrogens (tertiary/aromatic N) is 2. The molecule has 1 aliphatic carbocycles. The van der Waals surface area contributed by atoms with E-state index in [4.69, 9.17) is 10.9 Å². The number of carbonyl (C=O) groups excluding carboxylic acids is 1. The van der Waals surface area contributed by atoms with Gasteiger partial charge in [-0.1, -0.05) is 18.0 Å². The van der Waals surface area contributed by atoms with E-state index in [1.54, 1.807) is 7.05 Å². The molecule has 92 valence electrons. The molecule has 1 rings (SSSR count). The lowest BCUT2D eigenvalue weighted by atomic mass is 10.0. The first-order chi connectivity index (χ1) is 7.47. The maximum atomic E-state index is 11.6. The Balaban J connectivity index is 2.45. The summed E-state index contributed by atoms with van der Waals surface area (Å²) in [4.78, 5) is 13.0. The molecule has 0 unspecified atom stereocenters. The number of oxime groups is 1. The minimum Gasteiger partial charge on any atom is -0.409 e. The van der Waals surface area contributed by atoms with Crippen molar-refractivity contribution in [1.29, 1.82) is 0 Å². The molecule has 0 bridgehead atoms. The zero-order valence-electron chi connectivity index (χ0n) is 9.52. The predicted molar refractivity (Wildman–Crippen MR) is 59.1 cm³/mol. The van der Waals surface area contributed by atoms with Gasteiger partial charge in [-0.05, 0) is 12.8 Å². The van der Waals surface area contributed by atoms with Crippen molar-refractivity contribution in [1.82, 2.24) is 4.90 Å². The van der Waals surface area contributed by atoms with Crippen LogP contribution in [0.3, 0.4) is 0 Å². The van der Waals surface area contributed by atoms with E-state index in [-0.39, 0.29) is 18.2 Å². The van der Waals surface area contributed by atoms with Gasteiger partial charge in [0.05, 0.1) is 12.0 Å². The smallest absolute Gasteiger partial charge is 0.230 e. The van der Waals surface area contributed by atoms with Crippen LogP contribution in [0.1, 0.15) is 32.1 Å². The molecular formula is C10H19N3O3. The van der Waals surface area contributed by atoms with Crippen molar-refractivity contribution < 1.29 is 15.1 Å². The molecule has 0 saturated heterocycles. The fraction of sp³-hybridized carbons (Fsp3) is 0.800. The Morgan fingerprint density at radius 1 is 1.50 bits per heavy atom. The molecule has 0 radical (unpaired) electrons. The van der Waals surface area contributed by atoms with Crippen LogP contribution in [0.2, 0.25) is 0 Å². The van der Waals surface area contributed by atoms with Gasteiger partial charge >= 0.3 is 0 Å². The second-order valence-electron chi connectivity index (χ2n) is 4.45. The van der Waals surface area contributed by atoms with E-state index in [9.17, 15) is 9.90 Å². The van der Waals surface area contributed by atoms with Gasteiger partial charge in [0.15, 0.2) is 0 Å². The number of nitrogens with two attached hydrogens (primary N) is 1. The highest BCUT2D eigenvalue weighted by molar-refractivity contribution is 5.98. The van der Waals surface area contributed by atoms with Crippen LogP contribution in [0, 0.1) is 0 Å². The van der Waals surface area contributed by atoms with Gasteiger partial charge in [-0.2, -0.15) is 0 Å². The number of amides is 1. The Hall–Kier alpha value is -1.30. The van der Waals surface area contributed by atoms with Crippen LogP contribution in [-0.4, -0.2) is 46.1 Å². The molecule has 0 spiro atoms. The summed E-state index contributed by atoms with van der Waals surface area (Å²) in [5.41, 5.74) is 4.49. The second-order valence-corrected chi connectivity index (χ2v) is 4.45. The largest absolute Gasteiger partial charge is 0.409 e. The van der Waals surface area contributed by atoms with Gasteiger partial charge in [-0.3, -0.25) is 4.79 Å². The summed E-state index contributed by atoms with van der Waals surface area (Å²) in [5.74, 6) is -0.370. The van der Waals surface area contributed by atoms with E-state index in [2.05, 4.69) is 5.16 Å². The average Bonchev–Trinajstić information content (AvgIpc) is 2.64. The number of hydrogen-bond donors (Lipinski definition) is 3. The molecule has 0 aromatic heterocycles. The first kappa shape index (κ1) is 12.8. The highest BCUT2D eigenvalue weighted by Crippen LogP contribution is 2.29.